The third-order valence-corrected chi connectivity index (χ3v) is 4.95. The lowest BCUT2D eigenvalue weighted by molar-refractivity contribution is -0.143. The summed E-state index contributed by atoms with van der Waals surface area (Å²) < 4.78 is 4.87. The molecule has 1 N–H and O–H groups in total. The molecule has 6 nitrogen and oxygen atoms in total. The number of hydrogen-bond donors (Lipinski definition) is 1. The Balaban J connectivity index is 1.80. The minimum absolute atomic E-state index is 0.133. The topological polar surface area (TPSA) is 75.7 Å². The predicted octanol–water partition coefficient (Wildman–Crippen LogP) is 2.91. The molecule has 1 aliphatic carbocycles. The first kappa shape index (κ1) is 20.9. The van der Waals surface area contributed by atoms with E-state index in [4.69, 9.17) is 4.74 Å². The van der Waals surface area contributed by atoms with Crippen molar-refractivity contribution in [3.63, 3.8) is 0 Å². The molecule has 1 saturated carbocycles. The summed E-state index contributed by atoms with van der Waals surface area (Å²) >= 11 is 0. The molecule has 0 bridgehead atoms. The number of nitrogens with one attached hydrogen (secondary N) is 1. The summed E-state index contributed by atoms with van der Waals surface area (Å²) in [6.07, 6.45) is 5.65. The highest BCUT2D eigenvalue weighted by molar-refractivity contribution is 5.94. The van der Waals surface area contributed by atoms with Crippen molar-refractivity contribution < 1.29 is 19.1 Å². The first-order chi connectivity index (χ1) is 13.0. The van der Waals surface area contributed by atoms with Crippen LogP contribution in [0.2, 0.25) is 0 Å². The van der Waals surface area contributed by atoms with Crippen molar-refractivity contribution in [1.82, 2.24) is 10.2 Å². The highest BCUT2D eigenvalue weighted by atomic mass is 16.5. The third kappa shape index (κ3) is 6.70. The van der Waals surface area contributed by atoms with Crippen molar-refractivity contribution in [3.8, 4) is 0 Å². The summed E-state index contributed by atoms with van der Waals surface area (Å²) in [4.78, 5) is 37.5. The van der Waals surface area contributed by atoms with Crippen LogP contribution in [0.3, 0.4) is 0 Å². The van der Waals surface area contributed by atoms with Crippen molar-refractivity contribution in [3.05, 3.63) is 35.4 Å². The van der Waals surface area contributed by atoms with E-state index >= 15 is 0 Å². The standard InChI is InChI=1S/C21H30N2O4/c1-3-27-19(24)13-14-23(2)21(26)18-11-9-16(10-12-18)15-22-20(25)17-7-5-4-6-8-17/h9-12,17H,3-8,13-15H2,1-2H3,(H,22,25). The molecule has 0 unspecified atom stereocenters. The zero-order valence-electron chi connectivity index (χ0n) is 16.3. The maximum atomic E-state index is 12.4. The van der Waals surface area contributed by atoms with E-state index in [0.29, 0.717) is 25.3 Å². The van der Waals surface area contributed by atoms with Crippen LogP contribution >= 0.6 is 0 Å². The van der Waals surface area contributed by atoms with Gasteiger partial charge in [-0.3, -0.25) is 14.4 Å². The maximum Gasteiger partial charge on any atom is 0.307 e. The Morgan fingerprint density at radius 2 is 1.78 bits per heavy atom. The molecule has 1 aromatic rings. The molecule has 0 aromatic heterocycles. The second-order valence-electron chi connectivity index (χ2n) is 7.03. The quantitative estimate of drug-likeness (QED) is 0.710. The fraction of sp³-hybridized carbons (Fsp3) is 0.571. The molecule has 0 atom stereocenters. The fourth-order valence-electron chi connectivity index (χ4n) is 3.28. The number of carbonyl (C=O) groups excluding carboxylic acids is 3. The van der Waals surface area contributed by atoms with E-state index < -0.39 is 0 Å². The highest BCUT2D eigenvalue weighted by Crippen LogP contribution is 2.23. The van der Waals surface area contributed by atoms with E-state index in [2.05, 4.69) is 5.32 Å². The monoisotopic (exact) mass is 374 g/mol. The fourth-order valence-corrected chi connectivity index (χ4v) is 3.28. The summed E-state index contributed by atoms with van der Waals surface area (Å²) in [5.74, 6) is -0.167. The Kier molecular flexibility index (Phi) is 8.30. The SMILES string of the molecule is CCOC(=O)CCN(C)C(=O)c1ccc(CNC(=O)C2CCCCC2)cc1. The molecular formula is C21H30N2O4. The van der Waals surface area contributed by atoms with Gasteiger partial charge in [0, 0.05) is 31.6 Å². The van der Waals surface area contributed by atoms with E-state index in [-0.39, 0.29) is 30.1 Å². The van der Waals surface area contributed by atoms with Gasteiger partial charge in [-0.2, -0.15) is 0 Å². The number of carbonyl (C=O) groups is 3. The van der Waals surface area contributed by atoms with E-state index in [1.807, 2.05) is 12.1 Å². The van der Waals surface area contributed by atoms with Gasteiger partial charge in [-0.05, 0) is 37.5 Å². The van der Waals surface area contributed by atoms with Crippen LogP contribution in [-0.4, -0.2) is 42.9 Å². The van der Waals surface area contributed by atoms with Crippen molar-refractivity contribution in [2.45, 2.75) is 52.0 Å². The van der Waals surface area contributed by atoms with Crippen molar-refractivity contribution in [2.24, 2.45) is 5.92 Å². The van der Waals surface area contributed by atoms with Crippen molar-refractivity contribution in [1.29, 1.82) is 0 Å². The molecule has 27 heavy (non-hydrogen) atoms. The van der Waals surface area contributed by atoms with Crippen molar-refractivity contribution in [2.75, 3.05) is 20.2 Å². The van der Waals surface area contributed by atoms with Gasteiger partial charge in [0.1, 0.15) is 0 Å². The molecule has 1 aromatic carbocycles. The van der Waals surface area contributed by atoms with Gasteiger partial charge in [0.25, 0.3) is 5.91 Å². The lowest BCUT2D eigenvalue weighted by atomic mass is 9.88. The molecule has 6 heteroatoms. The van der Waals surface area contributed by atoms with Crippen LogP contribution in [0.1, 0.15) is 61.4 Å². The Labute approximate surface area is 161 Å². The lowest BCUT2D eigenvalue weighted by Crippen LogP contribution is -2.31. The minimum Gasteiger partial charge on any atom is -0.466 e. The number of benzene rings is 1. The number of nitrogens with zero attached hydrogens (tertiary/aromatic N) is 1. The van der Waals surface area contributed by atoms with E-state index in [9.17, 15) is 14.4 Å². The first-order valence-electron chi connectivity index (χ1n) is 9.79. The van der Waals surface area contributed by atoms with Crippen molar-refractivity contribution >= 4 is 17.8 Å². The summed E-state index contributed by atoms with van der Waals surface area (Å²) in [6, 6.07) is 7.22. The van der Waals surface area contributed by atoms with Crippen LogP contribution < -0.4 is 5.32 Å². The lowest BCUT2D eigenvalue weighted by Gasteiger charge is -2.20. The van der Waals surface area contributed by atoms with Gasteiger partial charge in [-0.25, -0.2) is 0 Å². The van der Waals surface area contributed by atoms with Crippen LogP contribution in [0, 0.1) is 5.92 Å². The number of amides is 2. The highest BCUT2D eigenvalue weighted by Gasteiger charge is 2.20. The predicted molar refractivity (Wildman–Crippen MR) is 103 cm³/mol. The summed E-state index contributed by atoms with van der Waals surface area (Å²) in [6.45, 7) is 2.89. The minimum atomic E-state index is -0.304. The van der Waals surface area contributed by atoms with Gasteiger partial charge in [0.05, 0.1) is 13.0 Å². The molecule has 148 valence electrons. The molecule has 0 aliphatic heterocycles. The zero-order valence-corrected chi connectivity index (χ0v) is 16.3. The van der Waals surface area contributed by atoms with Gasteiger partial charge in [-0.1, -0.05) is 31.4 Å². The van der Waals surface area contributed by atoms with Crippen LogP contribution in [0.4, 0.5) is 0 Å². The molecule has 0 radical (unpaired) electrons. The molecule has 0 heterocycles. The molecule has 0 saturated heterocycles. The Morgan fingerprint density at radius 1 is 1.11 bits per heavy atom. The summed E-state index contributed by atoms with van der Waals surface area (Å²) in [5.41, 5.74) is 1.52. The van der Waals surface area contributed by atoms with Crippen LogP contribution in [-0.2, 0) is 20.9 Å². The molecule has 1 fully saturated rings. The van der Waals surface area contributed by atoms with E-state index in [1.165, 1.54) is 11.3 Å². The number of rotatable bonds is 8. The Hall–Kier alpha value is -2.37. The number of ether oxygens (including phenoxy) is 1. The Morgan fingerprint density at radius 3 is 2.41 bits per heavy atom. The molecule has 0 spiro atoms. The molecule has 1 aliphatic rings. The largest absolute Gasteiger partial charge is 0.466 e. The molecule has 2 rings (SSSR count). The van der Waals surface area contributed by atoms with Crippen LogP contribution in [0.15, 0.2) is 24.3 Å². The zero-order chi connectivity index (χ0) is 19.6. The van der Waals surface area contributed by atoms with E-state index in [0.717, 1.165) is 31.2 Å². The van der Waals surface area contributed by atoms with Gasteiger partial charge in [0.2, 0.25) is 5.91 Å². The smallest absolute Gasteiger partial charge is 0.307 e. The van der Waals surface area contributed by atoms with Gasteiger partial charge in [0.15, 0.2) is 0 Å². The first-order valence-corrected chi connectivity index (χ1v) is 9.79. The number of hydrogen-bond acceptors (Lipinski definition) is 4. The summed E-state index contributed by atoms with van der Waals surface area (Å²) in [7, 11) is 1.67. The third-order valence-electron chi connectivity index (χ3n) is 4.95. The van der Waals surface area contributed by atoms with Crippen LogP contribution in [0.5, 0.6) is 0 Å². The second-order valence-corrected chi connectivity index (χ2v) is 7.03. The Bertz CT molecular complexity index is 636. The molecule has 2 amide bonds. The van der Waals surface area contributed by atoms with E-state index in [1.54, 1.807) is 26.1 Å². The normalized spacial score (nSPS) is 14.4. The summed E-state index contributed by atoms with van der Waals surface area (Å²) in [5, 5.41) is 3.00. The average Bonchev–Trinajstić information content (AvgIpc) is 2.71. The van der Waals surface area contributed by atoms with Crippen LogP contribution in [0.25, 0.3) is 0 Å². The number of esters is 1. The second kappa shape index (κ2) is 10.7. The van der Waals surface area contributed by atoms with Gasteiger partial charge < -0.3 is 15.0 Å². The maximum absolute atomic E-state index is 12.4. The van der Waals surface area contributed by atoms with Gasteiger partial charge in [-0.15, -0.1) is 0 Å². The van der Waals surface area contributed by atoms with Gasteiger partial charge >= 0.3 is 5.97 Å². The average molecular weight is 374 g/mol. The molecular weight excluding hydrogens is 344 g/mol.